The predicted octanol–water partition coefficient (Wildman–Crippen LogP) is 2.80. The molecule has 0 saturated heterocycles. The molecule has 1 aromatic rings. The molecule has 3 nitrogen and oxygen atoms in total. The third-order valence-corrected chi connectivity index (χ3v) is 3.39. The van der Waals surface area contributed by atoms with Gasteiger partial charge in [-0.1, -0.05) is 37.3 Å². The van der Waals surface area contributed by atoms with E-state index < -0.39 is 0 Å². The molecule has 2 N–H and O–H groups in total. The highest BCUT2D eigenvalue weighted by Gasteiger charge is 2.17. The van der Waals surface area contributed by atoms with Crippen LogP contribution >= 0.6 is 0 Å². The number of nitrogens with zero attached hydrogens (tertiary/aromatic N) is 1. The van der Waals surface area contributed by atoms with Crippen LogP contribution in [0.25, 0.3) is 0 Å². The van der Waals surface area contributed by atoms with Gasteiger partial charge < -0.3 is 10.6 Å². The zero-order valence-electron chi connectivity index (χ0n) is 12.3. The summed E-state index contributed by atoms with van der Waals surface area (Å²) in [6.45, 7) is 7.55. The third-order valence-electron chi connectivity index (χ3n) is 3.39. The number of amides is 1. The molecule has 19 heavy (non-hydrogen) atoms. The van der Waals surface area contributed by atoms with Crippen molar-refractivity contribution in [1.29, 1.82) is 0 Å². The van der Waals surface area contributed by atoms with Crippen molar-refractivity contribution in [3.63, 3.8) is 0 Å². The molecule has 0 heterocycles. The molecule has 0 bridgehead atoms. The van der Waals surface area contributed by atoms with E-state index in [0.717, 1.165) is 6.42 Å². The van der Waals surface area contributed by atoms with Crippen molar-refractivity contribution in [2.45, 2.75) is 46.2 Å². The first-order valence-electron chi connectivity index (χ1n) is 7.08. The summed E-state index contributed by atoms with van der Waals surface area (Å²) >= 11 is 0. The SMILES string of the molecule is CC(CN)CCC(=O)N(Cc1ccccc1)C(C)C. The lowest BCUT2D eigenvalue weighted by Gasteiger charge is -2.27. The van der Waals surface area contributed by atoms with Crippen LogP contribution in [0.5, 0.6) is 0 Å². The van der Waals surface area contributed by atoms with Gasteiger partial charge >= 0.3 is 0 Å². The lowest BCUT2D eigenvalue weighted by Crippen LogP contribution is -2.36. The summed E-state index contributed by atoms with van der Waals surface area (Å²) in [7, 11) is 0. The van der Waals surface area contributed by atoms with Gasteiger partial charge in [-0.05, 0) is 38.3 Å². The molecular formula is C16H26N2O. The molecule has 1 rings (SSSR count). The van der Waals surface area contributed by atoms with Crippen molar-refractivity contribution in [2.24, 2.45) is 11.7 Å². The first-order chi connectivity index (χ1) is 9.04. The van der Waals surface area contributed by atoms with Crippen LogP contribution in [0, 0.1) is 5.92 Å². The van der Waals surface area contributed by atoms with Gasteiger partial charge in [0.2, 0.25) is 5.91 Å². The highest BCUT2D eigenvalue weighted by molar-refractivity contribution is 5.76. The molecule has 0 spiro atoms. The summed E-state index contributed by atoms with van der Waals surface area (Å²) in [4.78, 5) is 14.2. The van der Waals surface area contributed by atoms with Crippen molar-refractivity contribution in [1.82, 2.24) is 4.90 Å². The Morgan fingerprint density at radius 3 is 2.37 bits per heavy atom. The minimum atomic E-state index is 0.221. The summed E-state index contributed by atoms with van der Waals surface area (Å²) in [6.07, 6.45) is 1.46. The van der Waals surface area contributed by atoms with Crippen LogP contribution in [0.3, 0.4) is 0 Å². The van der Waals surface area contributed by atoms with E-state index in [1.807, 2.05) is 23.1 Å². The molecular weight excluding hydrogens is 236 g/mol. The summed E-state index contributed by atoms with van der Waals surface area (Å²) in [5.41, 5.74) is 6.77. The second-order valence-electron chi connectivity index (χ2n) is 5.48. The van der Waals surface area contributed by atoms with Gasteiger partial charge in [0.05, 0.1) is 0 Å². The third kappa shape index (κ3) is 5.43. The smallest absolute Gasteiger partial charge is 0.223 e. The Morgan fingerprint density at radius 2 is 1.84 bits per heavy atom. The Morgan fingerprint density at radius 1 is 1.21 bits per heavy atom. The molecule has 0 saturated carbocycles. The van der Waals surface area contributed by atoms with E-state index in [-0.39, 0.29) is 11.9 Å². The summed E-state index contributed by atoms with van der Waals surface area (Å²) in [5.74, 6) is 0.633. The fourth-order valence-electron chi connectivity index (χ4n) is 1.97. The van der Waals surface area contributed by atoms with E-state index >= 15 is 0 Å². The van der Waals surface area contributed by atoms with E-state index in [0.29, 0.717) is 25.4 Å². The number of carbonyl (C=O) groups is 1. The number of carbonyl (C=O) groups excluding carboxylic acids is 1. The molecule has 0 aliphatic heterocycles. The maximum Gasteiger partial charge on any atom is 0.223 e. The zero-order valence-corrected chi connectivity index (χ0v) is 12.3. The molecule has 1 unspecified atom stereocenters. The van der Waals surface area contributed by atoms with Crippen molar-refractivity contribution in [3.8, 4) is 0 Å². The number of nitrogens with two attached hydrogens (primary N) is 1. The van der Waals surface area contributed by atoms with Gasteiger partial charge in [-0.3, -0.25) is 4.79 Å². The second kappa shape index (κ2) is 7.95. The molecule has 0 radical (unpaired) electrons. The van der Waals surface area contributed by atoms with E-state index in [4.69, 9.17) is 5.73 Å². The topological polar surface area (TPSA) is 46.3 Å². The molecule has 0 aliphatic rings. The highest BCUT2D eigenvalue weighted by Crippen LogP contribution is 2.12. The number of benzene rings is 1. The number of hydrogen-bond donors (Lipinski definition) is 1. The molecule has 0 aliphatic carbocycles. The average Bonchev–Trinajstić information content (AvgIpc) is 2.42. The molecule has 0 fully saturated rings. The lowest BCUT2D eigenvalue weighted by atomic mass is 10.0. The largest absolute Gasteiger partial charge is 0.336 e. The Kier molecular flexibility index (Phi) is 6.57. The monoisotopic (exact) mass is 262 g/mol. The first kappa shape index (κ1) is 15.7. The van der Waals surface area contributed by atoms with Crippen LogP contribution in [-0.4, -0.2) is 23.4 Å². The van der Waals surface area contributed by atoms with Gasteiger partial charge in [0, 0.05) is 19.0 Å². The predicted molar refractivity (Wildman–Crippen MR) is 79.6 cm³/mol. The van der Waals surface area contributed by atoms with Crippen LogP contribution in [0.1, 0.15) is 39.2 Å². The van der Waals surface area contributed by atoms with Crippen LogP contribution in [-0.2, 0) is 11.3 Å². The van der Waals surface area contributed by atoms with Crippen LogP contribution < -0.4 is 5.73 Å². The minimum absolute atomic E-state index is 0.221. The molecule has 1 amide bonds. The van der Waals surface area contributed by atoms with Gasteiger partial charge in [-0.2, -0.15) is 0 Å². The minimum Gasteiger partial charge on any atom is -0.336 e. The Labute approximate surface area is 116 Å². The van der Waals surface area contributed by atoms with Gasteiger partial charge in [0.25, 0.3) is 0 Å². The zero-order chi connectivity index (χ0) is 14.3. The molecule has 1 aromatic carbocycles. The Hall–Kier alpha value is -1.35. The van der Waals surface area contributed by atoms with Crippen LogP contribution in [0.4, 0.5) is 0 Å². The van der Waals surface area contributed by atoms with Crippen LogP contribution in [0.15, 0.2) is 30.3 Å². The fraction of sp³-hybridized carbons (Fsp3) is 0.562. The fourth-order valence-corrected chi connectivity index (χ4v) is 1.97. The summed E-state index contributed by atoms with van der Waals surface area (Å²) in [6, 6.07) is 10.4. The van der Waals surface area contributed by atoms with Gasteiger partial charge in [0.1, 0.15) is 0 Å². The number of rotatable bonds is 7. The number of hydrogen-bond acceptors (Lipinski definition) is 2. The van der Waals surface area contributed by atoms with Crippen molar-refractivity contribution < 1.29 is 4.79 Å². The Bertz CT molecular complexity index is 376. The van der Waals surface area contributed by atoms with Gasteiger partial charge in [0.15, 0.2) is 0 Å². The lowest BCUT2D eigenvalue weighted by molar-refractivity contribution is -0.133. The standard InChI is InChI=1S/C16H26N2O/c1-13(2)18(12-15-7-5-4-6-8-15)16(19)10-9-14(3)11-17/h4-8,13-14H,9-12,17H2,1-3H3. The second-order valence-corrected chi connectivity index (χ2v) is 5.48. The maximum atomic E-state index is 12.3. The van der Waals surface area contributed by atoms with Crippen molar-refractivity contribution in [3.05, 3.63) is 35.9 Å². The van der Waals surface area contributed by atoms with E-state index in [1.165, 1.54) is 5.56 Å². The average molecular weight is 262 g/mol. The first-order valence-corrected chi connectivity index (χ1v) is 7.08. The Balaban J connectivity index is 2.59. The van der Waals surface area contributed by atoms with Crippen molar-refractivity contribution >= 4 is 5.91 Å². The van der Waals surface area contributed by atoms with E-state index in [9.17, 15) is 4.79 Å². The molecule has 0 aromatic heterocycles. The molecule has 3 heteroatoms. The molecule has 106 valence electrons. The normalized spacial score (nSPS) is 12.5. The van der Waals surface area contributed by atoms with Crippen LogP contribution in [0.2, 0.25) is 0 Å². The molecule has 1 atom stereocenters. The maximum absolute atomic E-state index is 12.3. The van der Waals surface area contributed by atoms with E-state index in [2.05, 4.69) is 32.9 Å². The van der Waals surface area contributed by atoms with Gasteiger partial charge in [-0.15, -0.1) is 0 Å². The summed E-state index contributed by atoms with van der Waals surface area (Å²) in [5, 5.41) is 0. The highest BCUT2D eigenvalue weighted by atomic mass is 16.2. The van der Waals surface area contributed by atoms with Gasteiger partial charge in [-0.25, -0.2) is 0 Å². The summed E-state index contributed by atoms with van der Waals surface area (Å²) < 4.78 is 0. The quantitative estimate of drug-likeness (QED) is 0.821. The van der Waals surface area contributed by atoms with E-state index in [1.54, 1.807) is 0 Å². The van der Waals surface area contributed by atoms with Crippen molar-refractivity contribution in [2.75, 3.05) is 6.54 Å².